The molecule has 45 heavy (non-hydrogen) atoms. The van der Waals surface area contributed by atoms with Gasteiger partial charge in [-0.15, -0.1) is 23.1 Å². The smallest absolute Gasteiger partial charge is 0.259 e. The number of anilines is 3. The lowest BCUT2D eigenvalue weighted by molar-refractivity contribution is -0.116. The maximum atomic E-state index is 13.9. The highest BCUT2D eigenvalue weighted by Crippen LogP contribution is 2.53. The van der Waals surface area contributed by atoms with Gasteiger partial charge in [-0.2, -0.15) is 0 Å². The van der Waals surface area contributed by atoms with Crippen LogP contribution in [0.4, 0.5) is 17.2 Å². The molecule has 1 saturated heterocycles. The molecule has 228 valence electrons. The molecule has 3 amide bonds. The average molecular weight is 636 g/mol. The van der Waals surface area contributed by atoms with E-state index < -0.39 is 0 Å². The Labute approximate surface area is 270 Å². The standard InChI is InChI=1S/C35H33N5O3S2/c41-33(28-9-5-16-36-32(28)39-17-3-4-18-39)38-25-13-11-23(12-14-25)35(43)40-19-15-24-21-30(34(42)37-22-26-7-6-20-44-26)45-31(24)27-8-1-2-10-29(27)40/h1-2,5-14,16,20-21,24,31H,3-4,15,17-19,22H2,(H,37,42)(H,38,41). The van der Waals surface area contributed by atoms with Gasteiger partial charge >= 0.3 is 0 Å². The molecule has 0 radical (unpaired) electrons. The minimum atomic E-state index is -0.220. The molecule has 3 aliphatic rings. The van der Waals surface area contributed by atoms with Gasteiger partial charge < -0.3 is 20.4 Å². The van der Waals surface area contributed by atoms with Crippen LogP contribution in [0.1, 0.15) is 55.7 Å². The van der Waals surface area contributed by atoms with E-state index in [1.54, 1.807) is 65.7 Å². The lowest BCUT2D eigenvalue weighted by atomic mass is 9.96. The molecule has 3 aliphatic heterocycles. The van der Waals surface area contributed by atoms with Crippen LogP contribution in [0.25, 0.3) is 0 Å². The summed E-state index contributed by atoms with van der Waals surface area (Å²) in [6.07, 6.45) is 6.74. The number of fused-ring (bicyclic) bond motifs is 3. The number of carbonyl (C=O) groups is 3. The second kappa shape index (κ2) is 12.9. The fraction of sp³-hybridized carbons (Fsp3) is 0.257. The molecule has 0 spiro atoms. The molecule has 0 aliphatic carbocycles. The van der Waals surface area contributed by atoms with Crippen molar-refractivity contribution in [3.8, 4) is 0 Å². The summed E-state index contributed by atoms with van der Waals surface area (Å²) < 4.78 is 0. The monoisotopic (exact) mass is 635 g/mol. The van der Waals surface area contributed by atoms with Crippen LogP contribution in [0.5, 0.6) is 0 Å². The molecule has 8 nitrogen and oxygen atoms in total. The lowest BCUT2D eigenvalue weighted by Gasteiger charge is -2.24. The molecule has 2 aromatic carbocycles. The summed E-state index contributed by atoms with van der Waals surface area (Å²) in [5.41, 5.74) is 3.64. The maximum absolute atomic E-state index is 13.9. The van der Waals surface area contributed by atoms with Crippen molar-refractivity contribution in [2.24, 2.45) is 5.92 Å². The van der Waals surface area contributed by atoms with E-state index in [4.69, 9.17) is 0 Å². The van der Waals surface area contributed by atoms with Crippen LogP contribution in [0.15, 0.2) is 95.4 Å². The molecule has 7 rings (SSSR count). The third-order valence-electron chi connectivity index (χ3n) is 8.53. The van der Waals surface area contributed by atoms with Crippen LogP contribution in [-0.4, -0.2) is 42.3 Å². The van der Waals surface area contributed by atoms with E-state index in [1.165, 1.54) is 0 Å². The highest BCUT2D eigenvalue weighted by Gasteiger charge is 2.38. The van der Waals surface area contributed by atoms with E-state index >= 15 is 0 Å². The van der Waals surface area contributed by atoms with Crippen LogP contribution >= 0.6 is 23.1 Å². The minimum absolute atomic E-state index is 0.0464. The minimum Gasteiger partial charge on any atom is -0.356 e. The second-order valence-corrected chi connectivity index (χ2v) is 13.6. The van der Waals surface area contributed by atoms with Crippen molar-refractivity contribution in [1.29, 1.82) is 0 Å². The summed E-state index contributed by atoms with van der Waals surface area (Å²) >= 11 is 3.22. The molecular weight excluding hydrogens is 603 g/mol. The van der Waals surface area contributed by atoms with Crippen LogP contribution in [0.3, 0.4) is 0 Å². The zero-order chi connectivity index (χ0) is 30.8. The Bertz CT molecular complexity index is 1750. The molecule has 0 saturated carbocycles. The third-order valence-corrected chi connectivity index (χ3v) is 10.8. The van der Waals surface area contributed by atoms with E-state index in [9.17, 15) is 14.4 Å². The summed E-state index contributed by atoms with van der Waals surface area (Å²) in [4.78, 5) is 50.4. The molecule has 4 aromatic rings. The number of thioether (sulfide) groups is 1. The van der Waals surface area contributed by atoms with Crippen molar-refractivity contribution in [3.05, 3.63) is 117 Å². The van der Waals surface area contributed by atoms with E-state index in [1.807, 2.05) is 40.6 Å². The van der Waals surface area contributed by atoms with Gasteiger partial charge in [0.2, 0.25) is 0 Å². The average Bonchev–Trinajstić information content (AvgIpc) is 3.86. The van der Waals surface area contributed by atoms with Gasteiger partial charge in [-0.1, -0.05) is 30.3 Å². The predicted molar refractivity (Wildman–Crippen MR) is 181 cm³/mol. The number of rotatable bonds is 7. The molecular formula is C35H33N5O3S2. The van der Waals surface area contributed by atoms with Crippen molar-refractivity contribution in [1.82, 2.24) is 10.3 Å². The Morgan fingerprint density at radius 1 is 0.889 bits per heavy atom. The number of hydrogen-bond acceptors (Lipinski definition) is 7. The molecule has 2 N–H and O–H groups in total. The number of pyridine rings is 1. The van der Waals surface area contributed by atoms with Gasteiger partial charge in [-0.3, -0.25) is 14.4 Å². The molecule has 5 heterocycles. The van der Waals surface area contributed by atoms with Gasteiger partial charge in [0.15, 0.2) is 0 Å². The van der Waals surface area contributed by atoms with Gasteiger partial charge in [0, 0.05) is 52.9 Å². The molecule has 2 aromatic heterocycles. The van der Waals surface area contributed by atoms with Crippen molar-refractivity contribution in [2.45, 2.75) is 31.1 Å². The number of benzene rings is 2. The first-order valence-electron chi connectivity index (χ1n) is 15.3. The Morgan fingerprint density at radius 3 is 2.51 bits per heavy atom. The summed E-state index contributed by atoms with van der Waals surface area (Å²) in [6.45, 7) is 2.86. The Balaban J connectivity index is 1.04. The fourth-order valence-corrected chi connectivity index (χ4v) is 8.33. The highest BCUT2D eigenvalue weighted by molar-refractivity contribution is 8.04. The van der Waals surface area contributed by atoms with E-state index in [2.05, 4.69) is 32.7 Å². The first kappa shape index (κ1) is 29.3. The van der Waals surface area contributed by atoms with Gasteiger partial charge in [0.25, 0.3) is 17.7 Å². The molecule has 0 bridgehead atoms. The Kier molecular flexibility index (Phi) is 8.41. The number of nitrogens with zero attached hydrogens (tertiary/aromatic N) is 3. The summed E-state index contributed by atoms with van der Waals surface area (Å²) in [7, 11) is 0. The number of allylic oxidation sites excluding steroid dienone is 1. The second-order valence-electron chi connectivity index (χ2n) is 11.4. The van der Waals surface area contributed by atoms with Gasteiger partial charge in [-0.05, 0) is 84.7 Å². The topological polar surface area (TPSA) is 94.6 Å². The molecule has 2 unspecified atom stereocenters. The summed E-state index contributed by atoms with van der Waals surface area (Å²) in [5, 5.41) is 8.10. The molecule has 10 heteroatoms. The van der Waals surface area contributed by atoms with Crippen molar-refractivity contribution in [2.75, 3.05) is 34.8 Å². The van der Waals surface area contributed by atoms with Gasteiger partial charge in [-0.25, -0.2) is 4.98 Å². The van der Waals surface area contributed by atoms with Crippen molar-refractivity contribution < 1.29 is 14.4 Å². The molecule has 2 atom stereocenters. The number of carbonyl (C=O) groups excluding carboxylic acids is 3. The van der Waals surface area contributed by atoms with E-state index in [0.717, 1.165) is 53.4 Å². The van der Waals surface area contributed by atoms with E-state index in [-0.39, 0.29) is 28.9 Å². The first-order chi connectivity index (χ1) is 22.0. The lowest BCUT2D eigenvalue weighted by Crippen LogP contribution is -2.32. The Hall–Kier alpha value is -4.41. The largest absolute Gasteiger partial charge is 0.356 e. The van der Waals surface area contributed by atoms with Crippen LogP contribution in [0.2, 0.25) is 0 Å². The van der Waals surface area contributed by atoms with Crippen molar-refractivity contribution in [3.63, 3.8) is 0 Å². The summed E-state index contributed by atoms with van der Waals surface area (Å²) in [6, 6.07) is 22.7. The number of hydrogen-bond donors (Lipinski definition) is 2. The van der Waals surface area contributed by atoms with Crippen molar-refractivity contribution >= 4 is 58.0 Å². The van der Waals surface area contributed by atoms with E-state index in [0.29, 0.717) is 35.7 Å². The molecule has 1 fully saturated rings. The zero-order valence-corrected chi connectivity index (χ0v) is 26.3. The van der Waals surface area contributed by atoms with Gasteiger partial charge in [0.1, 0.15) is 5.82 Å². The number of nitrogens with one attached hydrogen (secondary N) is 2. The Morgan fingerprint density at radius 2 is 1.71 bits per heavy atom. The van der Waals surface area contributed by atoms with Crippen LogP contribution in [-0.2, 0) is 11.3 Å². The third kappa shape index (κ3) is 6.12. The number of amides is 3. The number of para-hydroxylation sites is 1. The maximum Gasteiger partial charge on any atom is 0.259 e. The fourth-order valence-electron chi connectivity index (χ4n) is 6.26. The van der Waals surface area contributed by atoms with Gasteiger partial charge in [0.05, 0.1) is 17.0 Å². The quantitative estimate of drug-likeness (QED) is 0.236. The summed E-state index contributed by atoms with van der Waals surface area (Å²) in [5.74, 6) is 0.499. The van der Waals surface area contributed by atoms with Crippen LogP contribution < -0.4 is 20.4 Å². The number of thiophene rings is 1. The number of aromatic nitrogens is 1. The van der Waals surface area contributed by atoms with Crippen LogP contribution in [0, 0.1) is 5.92 Å². The highest BCUT2D eigenvalue weighted by atomic mass is 32.2. The normalized spacial score (nSPS) is 18.9. The SMILES string of the molecule is O=C(NCc1cccs1)C1=CC2CCN(C(=O)c3ccc(NC(=O)c4cccnc4N4CCCC4)cc3)c3ccccc3C2S1. The zero-order valence-electron chi connectivity index (χ0n) is 24.6. The first-order valence-corrected chi connectivity index (χ1v) is 17.0. The predicted octanol–water partition coefficient (Wildman–Crippen LogP) is 6.65.